The predicted molar refractivity (Wildman–Crippen MR) is 84.8 cm³/mol. The van der Waals surface area contributed by atoms with Gasteiger partial charge in [-0.3, -0.25) is 4.72 Å². The van der Waals surface area contributed by atoms with Crippen molar-refractivity contribution in [2.24, 2.45) is 0 Å². The molecule has 0 heterocycles. The molecule has 0 spiro atoms. The molecular weight excluding hydrogens is 348 g/mol. The summed E-state index contributed by atoms with van der Waals surface area (Å²) < 4.78 is 55.7. The minimum atomic E-state index is -3.81. The summed E-state index contributed by atoms with van der Waals surface area (Å²) in [5.74, 6) is -0.226. The lowest BCUT2D eigenvalue weighted by Gasteiger charge is -2.12. The van der Waals surface area contributed by atoms with Gasteiger partial charge in [-0.05, 0) is 43.7 Å². The van der Waals surface area contributed by atoms with Crippen LogP contribution in [0.1, 0.15) is 11.1 Å². The molecule has 2 rings (SSSR count). The molecule has 0 bridgehead atoms. The molecule has 4 nitrogen and oxygen atoms in total. The second kappa shape index (κ2) is 6.72. The van der Waals surface area contributed by atoms with Crippen LogP contribution in [-0.4, -0.2) is 15.0 Å². The van der Waals surface area contributed by atoms with Gasteiger partial charge in [-0.25, -0.2) is 8.42 Å². The molecule has 0 aliphatic heterocycles. The molecule has 0 aliphatic carbocycles. The van der Waals surface area contributed by atoms with E-state index in [4.69, 9.17) is 11.6 Å². The number of halogens is 3. The molecule has 0 atom stereocenters. The van der Waals surface area contributed by atoms with Crippen molar-refractivity contribution in [1.29, 1.82) is 0 Å². The first-order valence-corrected chi connectivity index (χ1v) is 8.39. The number of aryl methyl sites for hydroxylation is 2. The number of alkyl halides is 2. The van der Waals surface area contributed by atoms with Crippen LogP contribution >= 0.6 is 11.6 Å². The number of ether oxygens (including phenoxy) is 1. The van der Waals surface area contributed by atoms with Crippen molar-refractivity contribution in [1.82, 2.24) is 0 Å². The van der Waals surface area contributed by atoms with Gasteiger partial charge in [-0.15, -0.1) is 0 Å². The standard InChI is InChI=1S/C15H14ClF2NO3S/c1-9-3-6-14(10(2)7-9)23(20,21)19-11-4-5-13(12(16)8-11)22-15(17)18/h3-8,15,19H,1-2H3. The summed E-state index contributed by atoms with van der Waals surface area (Å²) in [6.07, 6.45) is 0. The molecular formula is C15H14ClF2NO3S. The van der Waals surface area contributed by atoms with Gasteiger partial charge in [0.05, 0.1) is 15.6 Å². The van der Waals surface area contributed by atoms with Gasteiger partial charge >= 0.3 is 6.61 Å². The molecule has 2 aromatic carbocycles. The van der Waals surface area contributed by atoms with Crippen molar-refractivity contribution in [2.75, 3.05) is 4.72 Å². The fourth-order valence-corrected chi connectivity index (χ4v) is 3.57. The number of sulfonamides is 1. The SMILES string of the molecule is Cc1ccc(S(=O)(=O)Nc2ccc(OC(F)F)c(Cl)c2)c(C)c1. The molecule has 0 radical (unpaired) electrons. The van der Waals surface area contributed by atoms with E-state index in [-0.39, 0.29) is 21.4 Å². The van der Waals surface area contributed by atoms with Crippen LogP contribution < -0.4 is 9.46 Å². The number of rotatable bonds is 5. The number of benzene rings is 2. The van der Waals surface area contributed by atoms with Gasteiger partial charge in [-0.2, -0.15) is 8.78 Å². The third kappa shape index (κ3) is 4.33. The largest absolute Gasteiger partial charge is 0.433 e. The number of nitrogens with one attached hydrogen (secondary N) is 1. The lowest BCUT2D eigenvalue weighted by Crippen LogP contribution is -2.14. The molecule has 2 aromatic rings. The van der Waals surface area contributed by atoms with Crippen LogP contribution in [0.15, 0.2) is 41.3 Å². The molecule has 0 aromatic heterocycles. The Morgan fingerprint density at radius 3 is 2.39 bits per heavy atom. The lowest BCUT2D eigenvalue weighted by atomic mass is 10.2. The summed E-state index contributed by atoms with van der Waals surface area (Å²) in [5.41, 5.74) is 1.69. The van der Waals surface area contributed by atoms with E-state index in [2.05, 4.69) is 9.46 Å². The molecule has 0 amide bonds. The third-order valence-corrected chi connectivity index (χ3v) is 4.86. The summed E-state index contributed by atoms with van der Waals surface area (Å²) in [4.78, 5) is 0.132. The quantitative estimate of drug-likeness (QED) is 0.860. The van der Waals surface area contributed by atoms with Gasteiger partial charge in [-0.1, -0.05) is 29.3 Å². The smallest absolute Gasteiger partial charge is 0.387 e. The average Bonchev–Trinajstić information content (AvgIpc) is 2.40. The Morgan fingerprint density at radius 1 is 1.13 bits per heavy atom. The van der Waals surface area contributed by atoms with Crippen molar-refractivity contribution in [2.45, 2.75) is 25.4 Å². The highest BCUT2D eigenvalue weighted by atomic mass is 35.5. The molecule has 0 fully saturated rings. The summed E-state index contributed by atoms with van der Waals surface area (Å²) in [6.45, 7) is 0.539. The fraction of sp³-hybridized carbons (Fsp3) is 0.200. The molecule has 23 heavy (non-hydrogen) atoms. The molecule has 0 unspecified atom stereocenters. The van der Waals surface area contributed by atoms with Crippen LogP contribution in [0.25, 0.3) is 0 Å². The first kappa shape index (κ1) is 17.5. The molecule has 1 N–H and O–H groups in total. The van der Waals surface area contributed by atoms with Crippen LogP contribution in [0.3, 0.4) is 0 Å². The first-order valence-electron chi connectivity index (χ1n) is 6.53. The summed E-state index contributed by atoms with van der Waals surface area (Å²) in [5, 5.41) is -0.119. The van der Waals surface area contributed by atoms with Gasteiger partial charge in [0.2, 0.25) is 0 Å². The second-order valence-electron chi connectivity index (χ2n) is 4.90. The number of hydrogen-bond donors (Lipinski definition) is 1. The monoisotopic (exact) mass is 361 g/mol. The lowest BCUT2D eigenvalue weighted by molar-refractivity contribution is -0.0497. The molecule has 0 aliphatic rings. The van der Waals surface area contributed by atoms with E-state index < -0.39 is 16.6 Å². The maximum absolute atomic E-state index is 12.4. The summed E-state index contributed by atoms with van der Waals surface area (Å²) in [7, 11) is -3.81. The van der Waals surface area contributed by atoms with Crippen molar-refractivity contribution < 1.29 is 21.9 Å². The van der Waals surface area contributed by atoms with Gasteiger partial charge in [0, 0.05) is 0 Å². The minimum absolute atomic E-state index is 0.119. The van der Waals surface area contributed by atoms with E-state index in [0.717, 1.165) is 5.56 Å². The van der Waals surface area contributed by atoms with Gasteiger partial charge in [0.15, 0.2) is 0 Å². The maximum Gasteiger partial charge on any atom is 0.387 e. The Labute approximate surface area is 138 Å². The molecule has 0 saturated carbocycles. The first-order chi connectivity index (χ1) is 10.7. The average molecular weight is 362 g/mol. The highest BCUT2D eigenvalue weighted by molar-refractivity contribution is 7.92. The van der Waals surface area contributed by atoms with Crippen molar-refractivity contribution in [3.8, 4) is 5.75 Å². The Bertz CT molecular complexity index is 825. The Kier molecular flexibility index (Phi) is 5.11. The van der Waals surface area contributed by atoms with E-state index in [1.165, 1.54) is 24.3 Å². The van der Waals surface area contributed by atoms with Gasteiger partial charge in [0.25, 0.3) is 10.0 Å². The van der Waals surface area contributed by atoms with E-state index in [1.54, 1.807) is 19.1 Å². The Morgan fingerprint density at radius 2 is 1.83 bits per heavy atom. The van der Waals surface area contributed by atoms with E-state index in [0.29, 0.717) is 5.56 Å². The van der Waals surface area contributed by atoms with E-state index >= 15 is 0 Å². The van der Waals surface area contributed by atoms with Crippen molar-refractivity contribution in [3.05, 3.63) is 52.5 Å². The van der Waals surface area contributed by atoms with Crippen molar-refractivity contribution in [3.63, 3.8) is 0 Å². The maximum atomic E-state index is 12.4. The topological polar surface area (TPSA) is 55.4 Å². The zero-order chi connectivity index (χ0) is 17.2. The Balaban J connectivity index is 2.29. The number of anilines is 1. The Hall–Kier alpha value is -1.86. The van der Waals surface area contributed by atoms with Gasteiger partial charge in [0.1, 0.15) is 5.75 Å². The summed E-state index contributed by atoms with van der Waals surface area (Å²) >= 11 is 5.81. The van der Waals surface area contributed by atoms with Crippen LogP contribution in [0, 0.1) is 13.8 Å². The highest BCUT2D eigenvalue weighted by Crippen LogP contribution is 2.30. The zero-order valence-corrected chi connectivity index (χ0v) is 13.9. The van der Waals surface area contributed by atoms with E-state index in [9.17, 15) is 17.2 Å². The van der Waals surface area contributed by atoms with Crippen LogP contribution in [-0.2, 0) is 10.0 Å². The molecule has 0 saturated heterocycles. The minimum Gasteiger partial charge on any atom is -0.433 e. The fourth-order valence-electron chi connectivity index (χ4n) is 2.07. The van der Waals surface area contributed by atoms with Gasteiger partial charge < -0.3 is 4.74 Å². The third-order valence-electron chi connectivity index (χ3n) is 3.02. The zero-order valence-electron chi connectivity index (χ0n) is 12.3. The van der Waals surface area contributed by atoms with Crippen LogP contribution in [0.5, 0.6) is 5.75 Å². The van der Waals surface area contributed by atoms with Crippen LogP contribution in [0.2, 0.25) is 5.02 Å². The molecule has 8 heteroatoms. The van der Waals surface area contributed by atoms with Crippen molar-refractivity contribution >= 4 is 27.3 Å². The second-order valence-corrected chi connectivity index (χ2v) is 6.96. The predicted octanol–water partition coefficient (Wildman–Crippen LogP) is 4.36. The number of hydrogen-bond acceptors (Lipinski definition) is 3. The van der Waals surface area contributed by atoms with Crippen LogP contribution in [0.4, 0.5) is 14.5 Å². The normalized spacial score (nSPS) is 11.6. The summed E-state index contributed by atoms with van der Waals surface area (Å²) in [6, 6.07) is 8.62. The van der Waals surface area contributed by atoms with E-state index in [1.807, 2.05) is 6.92 Å². The highest BCUT2D eigenvalue weighted by Gasteiger charge is 2.18. The molecule has 124 valence electrons.